The molecule has 0 saturated heterocycles. The number of fused-ring (bicyclic) bond motifs is 1. The molecule has 4 rings (SSSR count). The van der Waals surface area contributed by atoms with Crippen molar-refractivity contribution in [3.05, 3.63) is 40.8 Å². The van der Waals surface area contributed by atoms with Gasteiger partial charge in [-0.05, 0) is 58.0 Å². The lowest BCUT2D eigenvalue weighted by Crippen LogP contribution is -2.13. The van der Waals surface area contributed by atoms with Gasteiger partial charge in [0.1, 0.15) is 0 Å². The summed E-state index contributed by atoms with van der Waals surface area (Å²) in [4.78, 5) is 18.7. The molecule has 174 valence electrons. The topological polar surface area (TPSA) is 88.1 Å². The molecule has 0 saturated carbocycles. The van der Waals surface area contributed by atoms with Crippen LogP contribution in [0.15, 0.2) is 30.3 Å². The number of aryl methyl sites for hydroxylation is 1. The Bertz CT molecular complexity index is 1130. The summed E-state index contributed by atoms with van der Waals surface area (Å²) >= 11 is 1.40. The second-order valence-electron chi connectivity index (χ2n) is 7.05. The maximum absolute atomic E-state index is 13.1. The minimum absolute atomic E-state index is 0.214. The SMILES string of the molecule is CCOc1cc(C(=O)Nc2nc(-c3ccc4c(c3)OCO4)c(C)s2)cc(OCC)c1OCC. The van der Waals surface area contributed by atoms with Crippen LogP contribution < -0.4 is 29.0 Å². The first-order chi connectivity index (χ1) is 16.0. The molecule has 0 spiro atoms. The van der Waals surface area contributed by atoms with E-state index < -0.39 is 0 Å². The maximum Gasteiger partial charge on any atom is 0.257 e. The summed E-state index contributed by atoms with van der Waals surface area (Å²) in [6.45, 7) is 9.12. The average molecular weight is 471 g/mol. The fourth-order valence-electron chi connectivity index (χ4n) is 3.45. The number of benzene rings is 2. The number of amides is 1. The van der Waals surface area contributed by atoms with Gasteiger partial charge in [0.05, 0.1) is 25.5 Å². The molecular formula is C24H26N2O6S. The molecule has 1 aromatic heterocycles. The lowest BCUT2D eigenvalue weighted by atomic mass is 10.1. The minimum atomic E-state index is -0.314. The summed E-state index contributed by atoms with van der Waals surface area (Å²) in [7, 11) is 0. The van der Waals surface area contributed by atoms with E-state index in [4.69, 9.17) is 23.7 Å². The second kappa shape index (κ2) is 9.99. The van der Waals surface area contributed by atoms with E-state index in [1.54, 1.807) is 12.1 Å². The number of hydrogen-bond donors (Lipinski definition) is 1. The molecule has 3 aromatic rings. The summed E-state index contributed by atoms with van der Waals surface area (Å²) < 4.78 is 28.0. The van der Waals surface area contributed by atoms with Crippen LogP contribution in [0.5, 0.6) is 28.7 Å². The lowest BCUT2D eigenvalue weighted by Gasteiger charge is -2.16. The number of rotatable bonds is 9. The first-order valence-corrected chi connectivity index (χ1v) is 11.6. The van der Waals surface area contributed by atoms with E-state index in [0.717, 1.165) is 16.1 Å². The molecule has 0 unspecified atom stereocenters. The summed E-state index contributed by atoms with van der Waals surface area (Å²) in [6.07, 6.45) is 0. The van der Waals surface area contributed by atoms with Gasteiger partial charge in [-0.1, -0.05) is 0 Å². The van der Waals surface area contributed by atoms with Crippen molar-refractivity contribution in [2.75, 3.05) is 31.9 Å². The van der Waals surface area contributed by atoms with E-state index in [2.05, 4.69) is 10.3 Å². The van der Waals surface area contributed by atoms with Gasteiger partial charge in [-0.3, -0.25) is 10.1 Å². The van der Waals surface area contributed by atoms with Crippen molar-refractivity contribution in [2.45, 2.75) is 27.7 Å². The van der Waals surface area contributed by atoms with Crippen LogP contribution in [0.3, 0.4) is 0 Å². The average Bonchev–Trinajstić information content (AvgIpc) is 3.41. The number of nitrogens with one attached hydrogen (secondary N) is 1. The molecule has 2 heterocycles. The van der Waals surface area contributed by atoms with Crippen molar-refractivity contribution in [3.8, 4) is 40.0 Å². The normalized spacial score (nSPS) is 11.9. The molecule has 8 nitrogen and oxygen atoms in total. The van der Waals surface area contributed by atoms with Gasteiger partial charge in [0.25, 0.3) is 5.91 Å². The Morgan fingerprint density at radius 2 is 1.67 bits per heavy atom. The Morgan fingerprint density at radius 1 is 1.00 bits per heavy atom. The van der Waals surface area contributed by atoms with E-state index in [9.17, 15) is 4.79 Å². The van der Waals surface area contributed by atoms with Crippen LogP contribution in [0, 0.1) is 6.92 Å². The van der Waals surface area contributed by atoms with Crippen LogP contribution in [0.1, 0.15) is 36.0 Å². The van der Waals surface area contributed by atoms with E-state index in [1.165, 1.54) is 11.3 Å². The van der Waals surface area contributed by atoms with Gasteiger partial charge < -0.3 is 23.7 Å². The van der Waals surface area contributed by atoms with Crippen molar-refractivity contribution in [3.63, 3.8) is 0 Å². The zero-order valence-electron chi connectivity index (χ0n) is 19.0. The highest BCUT2D eigenvalue weighted by Gasteiger charge is 2.21. The smallest absolute Gasteiger partial charge is 0.257 e. The van der Waals surface area contributed by atoms with Crippen LogP contribution in [-0.4, -0.2) is 37.5 Å². The zero-order chi connectivity index (χ0) is 23.4. The molecule has 0 fully saturated rings. The standard InChI is InChI=1S/C24H26N2O6S/c1-5-28-19-11-16(12-20(29-6-2)22(19)30-7-3)23(27)26-24-25-21(14(4)33-24)15-8-9-17-18(10-15)32-13-31-17/h8-12H,5-7,13H2,1-4H3,(H,25,26,27). The Kier molecular flexibility index (Phi) is 6.88. The zero-order valence-corrected chi connectivity index (χ0v) is 19.8. The van der Waals surface area contributed by atoms with Crippen molar-refractivity contribution >= 4 is 22.4 Å². The van der Waals surface area contributed by atoms with Gasteiger partial charge in [-0.25, -0.2) is 4.98 Å². The van der Waals surface area contributed by atoms with Crippen LogP contribution in [-0.2, 0) is 0 Å². The lowest BCUT2D eigenvalue weighted by molar-refractivity contribution is 0.102. The first-order valence-electron chi connectivity index (χ1n) is 10.8. The molecular weight excluding hydrogens is 444 g/mol. The third-order valence-electron chi connectivity index (χ3n) is 4.83. The number of carbonyl (C=O) groups is 1. The van der Waals surface area contributed by atoms with Crippen LogP contribution in [0.4, 0.5) is 5.13 Å². The summed E-state index contributed by atoms with van der Waals surface area (Å²) in [5.41, 5.74) is 2.07. The molecule has 2 aromatic carbocycles. The number of aromatic nitrogens is 1. The first kappa shape index (κ1) is 22.7. The van der Waals surface area contributed by atoms with Gasteiger partial charge in [0, 0.05) is 16.0 Å². The second-order valence-corrected chi connectivity index (χ2v) is 8.25. The number of ether oxygens (including phenoxy) is 5. The molecule has 0 aliphatic carbocycles. The van der Waals surface area contributed by atoms with E-state index in [1.807, 2.05) is 45.9 Å². The molecule has 0 atom stereocenters. The largest absolute Gasteiger partial charge is 0.490 e. The Balaban J connectivity index is 1.60. The van der Waals surface area contributed by atoms with Crippen LogP contribution in [0.25, 0.3) is 11.3 Å². The molecule has 0 bridgehead atoms. The Hall–Kier alpha value is -3.46. The predicted molar refractivity (Wildman–Crippen MR) is 126 cm³/mol. The number of hydrogen-bond acceptors (Lipinski definition) is 8. The summed E-state index contributed by atoms with van der Waals surface area (Å²) in [6, 6.07) is 9.00. The number of anilines is 1. The van der Waals surface area contributed by atoms with E-state index >= 15 is 0 Å². The Labute approximate surface area is 196 Å². The third-order valence-corrected chi connectivity index (χ3v) is 5.72. The van der Waals surface area contributed by atoms with Gasteiger partial charge in [0.2, 0.25) is 12.5 Å². The van der Waals surface area contributed by atoms with Gasteiger partial charge in [-0.2, -0.15) is 0 Å². The van der Waals surface area contributed by atoms with Crippen molar-refractivity contribution in [2.24, 2.45) is 0 Å². The molecule has 33 heavy (non-hydrogen) atoms. The number of nitrogens with zero attached hydrogens (tertiary/aromatic N) is 1. The van der Waals surface area contributed by atoms with Gasteiger partial charge >= 0.3 is 0 Å². The fourth-order valence-corrected chi connectivity index (χ4v) is 4.28. The highest BCUT2D eigenvalue weighted by molar-refractivity contribution is 7.16. The molecule has 1 N–H and O–H groups in total. The van der Waals surface area contributed by atoms with Gasteiger partial charge in [0.15, 0.2) is 28.1 Å². The molecule has 1 aliphatic heterocycles. The molecule has 1 amide bonds. The van der Waals surface area contributed by atoms with E-state index in [-0.39, 0.29) is 12.7 Å². The summed E-state index contributed by atoms with van der Waals surface area (Å²) in [5.74, 6) is 2.51. The predicted octanol–water partition coefficient (Wildman–Crippen LogP) is 5.30. The molecule has 1 aliphatic rings. The van der Waals surface area contributed by atoms with Crippen molar-refractivity contribution in [1.29, 1.82) is 0 Å². The third kappa shape index (κ3) is 4.83. The highest BCUT2D eigenvalue weighted by Crippen LogP contribution is 2.40. The Morgan fingerprint density at radius 3 is 2.33 bits per heavy atom. The van der Waals surface area contributed by atoms with Gasteiger partial charge in [-0.15, -0.1) is 11.3 Å². The minimum Gasteiger partial charge on any atom is -0.490 e. The quantitative estimate of drug-likeness (QED) is 0.454. The van der Waals surface area contributed by atoms with Crippen LogP contribution >= 0.6 is 11.3 Å². The van der Waals surface area contributed by atoms with E-state index in [0.29, 0.717) is 59.3 Å². The highest BCUT2D eigenvalue weighted by atomic mass is 32.1. The van der Waals surface area contributed by atoms with Crippen LogP contribution in [0.2, 0.25) is 0 Å². The molecule has 9 heteroatoms. The number of carbonyl (C=O) groups excluding carboxylic acids is 1. The van der Waals surface area contributed by atoms with Crippen molar-refractivity contribution < 1.29 is 28.5 Å². The summed E-state index contributed by atoms with van der Waals surface area (Å²) in [5, 5.41) is 3.39. The van der Waals surface area contributed by atoms with Crippen molar-refractivity contribution in [1.82, 2.24) is 4.98 Å². The monoisotopic (exact) mass is 470 g/mol. The molecule has 0 radical (unpaired) electrons. The fraction of sp³-hybridized carbons (Fsp3) is 0.333. The maximum atomic E-state index is 13.1. The number of thiazole rings is 1.